The zero-order chi connectivity index (χ0) is 24.2. The molecule has 2 unspecified atom stereocenters. The highest BCUT2D eigenvalue weighted by Gasteiger charge is 2.67. The van der Waals surface area contributed by atoms with Crippen molar-refractivity contribution in [2.75, 3.05) is 13.2 Å². The number of nitrogens with one attached hydrogen (secondary N) is 1. The summed E-state index contributed by atoms with van der Waals surface area (Å²) >= 11 is 0. The van der Waals surface area contributed by atoms with E-state index in [1.54, 1.807) is 4.90 Å². The van der Waals surface area contributed by atoms with E-state index in [0.717, 1.165) is 12.8 Å². The second-order valence-corrected chi connectivity index (χ2v) is 10.4. The summed E-state index contributed by atoms with van der Waals surface area (Å²) in [6.45, 7) is 0.772. The highest BCUT2D eigenvalue weighted by atomic mass is 16.5. The molecule has 1 saturated heterocycles. The van der Waals surface area contributed by atoms with E-state index in [9.17, 15) is 19.5 Å². The molecular formula is C28H30N2O5. The lowest BCUT2D eigenvalue weighted by Crippen LogP contribution is -2.53. The molecule has 2 N–H and O–H groups in total. The van der Waals surface area contributed by atoms with Gasteiger partial charge in [-0.05, 0) is 66.7 Å². The van der Waals surface area contributed by atoms with Crippen molar-refractivity contribution in [3.05, 3.63) is 59.7 Å². The zero-order valence-corrected chi connectivity index (χ0v) is 19.6. The number of alkyl carbamates (subject to hydrolysis) is 1. The average Bonchev–Trinajstić information content (AvgIpc) is 3.33. The summed E-state index contributed by atoms with van der Waals surface area (Å²) in [6, 6.07) is 16.3. The van der Waals surface area contributed by atoms with E-state index in [-0.39, 0.29) is 36.3 Å². The minimum Gasteiger partial charge on any atom is -0.479 e. The molecule has 2 saturated carbocycles. The van der Waals surface area contributed by atoms with Crippen LogP contribution in [-0.4, -0.2) is 52.7 Å². The van der Waals surface area contributed by atoms with Gasteiger partial charge in [0.05, 0.1) is 0 Å². The van der Waals surface area contributed by atoms with Crippen molar-refractivity contribution in [1.29, 1.82) is 0 Å². The first-order chi connectivity index (χ1) is 17.0. The molecule has 0 bridgehead atoms. The van der Waals surface area contributed by atoms with E-state index >= 15 is 0 Å². The fourth-order valence-corrected chi connectivity index (χ4v) is 6.73. The second kappa shape index (κ2) is 8.40. The SMILES string of the molecule is O=C(N[C@@H]1CC[C@H](C(=O)N2CCCC3CC32C(=O)O)C1)OCC1c2ccccc2-c2ccccc21. The Morgan fingerprint density at radius 2 is 1.69 bits per heavy atom. The van der Waals surface area contributed by atoms with Gasteiger partial charge in [0, 0.05) is 24.4 Å². The lowest BCUT2D eigenvalue weighted by atomic mass is 9.98. The molecule has 0 aromatic heterocycles. The van der Waals surface area contributed by atoms with Crippen LogP contribution in [0.1, 0.15) is 55.6 Å². The van der Waals surface area contributed by atoms with Crippen LogP contribution in [0.25, 0.3) is 11.1 Å². The Morgan fingerprint density at radius 3 is 2.37 bits per heavy atom. The number of likely N-dealkylation sites (tertiary alicyclic amines) is 1. The number of benzene rings is 2. The van der Waals surface area contributed by atoms with Gasteiger partial charge in [0.2, 0.25) is 5.91 Å². The Hall–Kier alpha value is -3.35. The van der Waals surface area contributed by atoms with Crippen LogP contribution in [0.2, 0.25) is 0 Å². The summed E-state index contributed by atoms with van der Waals surface area (Å²) in [5, 5.41) is 12.7. The van der Waals surface area contributed by atoms with Crippen molar-refractivity contribution in [2.24, 2.45) is 11.8 Å². The monoisotopic (exact) mass is 474 g/mol. The van der Waals surface area contributed by atoms with E-state index in [4.69, 9.17) is 4.74 Å². The van der Waals surface area contributed by atoms with Gasteiger partial charge in [-0.3, -0.25) is 4.79 Å². The number of carboxylic acid groups (broad SMARTS) is 1. The van der Waals surface area contributed by atoms with E-state index < -0.39 is 17.6 Å². The minimum absolute atomic E-state index is 0.00357. The van der Waals surface area contributed by atoms with Crippen LogP contribution in [0.15, 0.2) is 48.5 Å². The van der Waals surface area contributed by atoms with Crippen molar-refractivity contribution < 1.29 is 24.2 Å². The summed E-state index contributed by atoms with van der Waals surface area (Å²) in [5.41, 5.74) is 3.72. The maximum atomic E-state index is 13.2. The second-order valence-electron chi connectivity index (χ2n) is 10.4. The molecule has 182 valence electrons. The molecule has 7 heteroatoms. The molecule has 35 heavy (non-hydrogen) atoms. The Labute approximate surface area is 204 Å². The van der Waals surface area contributed by atoms with Crippen molar-refractivity contribution in [2.45, 2.75) is 56.0 Å². The van der Waals surface area contributed by atoms with Crippen LogP contribution in [0.4, 0.5) is 4.79 Å². The Morgan fingerprint density at radius 1 is 1.00 bits per heavy atom. The number of nitrogens with zero attached hydrogens (tertiary/aromatic N) is 1. The van der Waals surface area contributed by atoms with E-state index in [1.807, 2.05) is 24.3 Å². The maximum absolute atomic E-state index is 13.2. The van der Waals surface area contributed by atoms with Crippen LogP contribution >= 0.6 is 0 Å². The molecule has 0 radical (unpaired) electrons. The highest BCUT2D eigenvalue weighted by Crippen LogP contribution is 2.55. The summed E-state index contributed by atoms with van der Waals surface area (Å²) in [6.07, 6.45) is 3.73. The van der Waals surface area contributed by atoms with Gasteiger partial charge in [-0.15, -0.1) is 0 Å². The summed E-state index contributed by atoms with van der Waals surface area (Å²) < 4.78 is 5.66. The number of hydrogen-bond acceptors (Lipinski definition) is 4. The number of rotatable bonds is 5. The molecule has 2 amide bonds. The zero-order valence-electron chi connectivity index (χ0n) is 19.6. The number of piperidine rings is 1. The third-order valence-electron chi connectivity index (χ3n) is 8.57. The summed E-state index contributed by atoms with van der Waals surface area (Å²) in [7, 11) is 0. The predicted molar refractivity (Wildman–Crippen MR) is 129 cm³/mol. The number of carbonyl (C=O) groups excluding carboxylic acids is 2. The first-order valence-electron chi connectivity index (χ1n) is 12.7. The van der Waals surface area contributed by atoms with Gasteiger partial charge in [0.1, 0.15) is 12.1 Å². The topological polar surface area (TPSA) is 95.9 Å². The van der Waals surface area contributed by atoms with Crippen LogP contribution in [0.3, 0.4) is 0 Å². The molecule has 2 aromatic carbocycles. The van der Waals surface area contributed by atoms with Gasteiger partial charge in [-0.2, -0.15) is 0 Å². The molecule has 2 aromatic rings. The molecule has 0 spiro atoms. The van der Waals surface area contributed by atoms with E-state index in [1.165, 1.54) is 22.3 Å². The number of carbonyl (C=O) groups is 3. The number of hydrogen-bond donors (Lipinski definition) is 2. The molecule has 1 heterocycles. The van der Waals surface area contributed by atoms with Crippen molar-refractivity contribution in [3.63, 3.8) is 0 Å². The Balaban J connectivity index is 1.05. The maximum Gasteiger partial charge on any atom is 0.407 e. The molecule has 3 fully saturated rings. The molecule has 3 aliphatic carbocycles. The molecular weight excluding hydrogens is 444 g/mol. The van der Waals surface area contributed by atoms with Gasteiger partial charge in [0.15, 0.2) is 0 Å². The quantitative estimate of drug-likeness (QED) is 0.679. The van der Waals surface area contributed by atoms with Gasteiger partial charge in [0.25, 0.3) is 0 Å². The number of fused-ring (bicyclic) bond motifs is 4. The highest BCUT2D eigenvalue weighted by molar-refractivity contribution is 5.91. The van der Waals surface area contributed by atoms with E-state index in [0.29, 0.717) is 32.2 Å². The molecule has 1 aliphatic heterocycles. The average molecular weight is 475 g/mol. The smallest absolute Gasteiger partial charge is 0.407 e. The van der Waals surface area contributed by atoms with Crippen LogP contribution in [0.5, 0.6) is 0 Å². The number of amides is 2. The fourth-order valence-electron chi connectivity index (χ4n) is 6.73. The van der Waals surface area contributed by atoms with Crippen LogP contribution in [0, 0.1) is 11.8 Å². The Bertz CT molecular complexity index is 1150. The summed E-state index contributed by atoms with van der Waals surface area (Å²) in [4.78, 5) is 39.4. The largest absolute Gasteiger partial charge is 0.479 e. The standard InChI is InChI=1S/C28H30N2O5/c31-25(30-13-5-6-18-15-28(18,30)26(32)33)17-11-12-19(14-17)29-27(34)35-16-24-22-9-3-1-7-20(22)21-8-2-4-10-23(21)24/h1-4,7-10,17-19,24H,5-6,11-16H2,(H,29,34)(H,32,33)/t17-,18?,19+,28?/m0/s1. The predicted octanol–water partition coefficient (Wildman–Crippen LogP) is 4.16. The number of aliphatic carboxylic acids is 1. The first kappa shape index (κ1) is 22.1. The fraction of sp³-hybridized carbons (Fsp3) is 0.464. The van der Waals surface area contributed by atoms with Gasteiger partial charge in [-0.25, -0.2) is 9.59 Å². The third kappa shape index (κ3) is 3.60. The van der Waals surface area contributed by atoms with E-state index in [2.05, 4.69) is 29.6 Å². The third-order valence-corrected chi connectivity index (χ3v) is 8.57. The normalized spacial score (nSPS) is 28.6. The van der Waals surface area contributed by atoms with Crippen molar-refractivity contribution in [1.82, 2.24) is 10.2 Å². The summed E-state index contributed by atoms with van der Waals surface area (Å²) in [5.74, 6) is -1.09. The van der Waals surface area contributed by atoms with Crippen molar-refractivity contribution >= 4 is 18.0 Å². The van der Waals surface area contributed by atoms with Crippen LogP contribution in [-0.2, 0) is 14.3 Å². The lowest BCUT2D eigenvalue weighted by Gasteiger charge is -2.35. The van der Waals surface area contributed by atoms with Gasteiger partial charge >= 0.3 is 12.1 Å². The Kier molecular flexibility index (Phi) is 5.31. The molecule has 4 aliphatic rings. The minimum atomic E-state index is -0.979. The van der Waals surface area contributed by atoms with Crippen LogP contribution < -0.4 is 5.32 Å². The molecule has 4 atom stereocenters. The number of carboxylic acids is 1. The van der Waals surface area contributed by atoms with Gasteiger partial charge in [-0.1, -0.05) is 48.5 Å². The van der Waals surface area contributed by atoms with Gasteiger partial charge < -0.3 is 20.1 Å². The van der Waals surface area contributed by atoms with Crippen molar-refractivity contribution in [3.8, 4) is 11.1 Å². The first-order valence-corrected chi connectivity index (χ1v) is 12.7. The molecule has 6 rings (SSSR count). The molecule has 7 nitrogen and oxygen atoms in total. The lowest BCUT2D eigenvalue weighted by molar-refractivity contribution is -0.156. The number of ether oxygens (including phenoxy) is 1.